The van der Waals surface area contributed by atoms with E-state index >= 15 is 0 Å². The first-order valence-corrected chi connectivity index (χ1v) is 8.63. The molecule has 1 unspecified atom stereocenters. The Kier molecular flexibility index (Phi) is 4.40. The Balaban J connectivity index is 1.85. The summed E-state index contributed by atoms with van der Waals surface area (Å²) in [5.41, 5.74) is 2.26. The number of aryl methyl sites for hydroxylation is 1. The molecule has 2 heterocycles. The molecule has 114 valence electrons. The van der Waals surface area contributed by atoms with Crippen molar-refractivity contribution in [1.29, 1.82) is 0 Å². The number of ether oxygens (including phenoxy) is 1. The molecule has 0 spiro atoms. The highest BCUT2D eigenvalue weighted by molar-refractivity contribution is 7.99. The largest absolute Gasteiger partial charge is 0.496 e. The van der Waals surface area contributed by atoms with Gasteiger partial charge in [-0.3, -0.25) is 10.1 Å². The van der Waals surface area contributed by atoms with Crippen molar-refractivity contribution in [1.82, 2.24) is 10.2 Å². The van der Waals surface area contributed by atoms with Crippen LogP contribution in [0, 0.1) is 6.92 Å². The van der Waals surface area contributed by atoms with E-state index in [-0.39, 0.29) is 12.1 Å². The first-order valence-electron chi connectivity index (χ1n) is 7.47. The van der Waals surface area contributed by atoms with Gasteiger partial charge in [-0.25, -0.2) is 0 Å². The number of rotatable bonds is 3. The maximum atomic E-state index is 12.3. The van der Waals surface area contributed by atoms with Gasteiger partial charge in [-0.2, -0.15) is 11.8 Å². The summed E-state index contributed by atoms with van der Waals surface area (Å²) in [6.45, 7) is 2.49. The molecule has 0 bridgehead atoms. The zero-order valence-electron chi connectivity index (χ0n) is 12.6. The van der Waals surface area contributed by atoms with E-state index in [4.69, 9.17) is 4.74 Å². The van der Waals surface area contributed by atoms with Gasteiger partial charge in [-0.15, -0.1) is 0 Å². The molecule has 1 aromatic rings. The minimum atomic E-state index is 0.00945. The molecule has 2 aliphatic heterocycles. The molecule has 3 rings (SSSR count). The van der Waals surface area contributed by atoms with Gasteiger partial charge < -0.3 is 9.64 Å². The lowest BCUT2D eigenvalue weighted by Gasteiger charge is -2.35. The lowest BCUT2D eigenvalue weighted by atomic mass is 10.0. The molecular formula is C16H22N2O2S. The van der Waals surface area contributed by atoms with E-state index in [1.54, 1.807) is 7.11 Å². The van der Waals surface area contributed by atoms with E-state index in [1.807, 2.05) is 24.8 Å². The highest BCUT2D eigenvalue weighted by Crippen LogP contribution is 2.32. The van der Waals surface area contributed by atoms with Gasteiger partial charge in [0.2, 0.25) is 5.91 Å². The Labute approximate surface area is 130 Å². The molecule has 0 aromatic heterocycles. The lowest BCUT2D eigenvalue weighted by molar-refractivity contribution is -0.130. The fourth-order valence-electron chi connectivity index (χ4n) is 3.25. The zero-order chi connectivity index (χ0) is 14.8. The average molecular weight is 306 g/mol. The summed E-state index contributed by atoms with van der Waals surface area (Å²) >= 11 is 1.99. The molecule has 2 fully saturated rings. The normalized spacial score (nSPS) is 23.6. The zero-order valence-corrected chi connectivity index (χ0v) is 13.4. The van der Waals surface area contributed by atoms with Gasteiger partial charge in [0.25, 0.3) is 0 Å². The molecule has 21 heavy (non-hydrogen) atoms. The van der Waals surface area contributed by atoms with E-state index in [0.29, 0.717) is 12.6 Å². The van der Waals surface area contributed by atoms with Gasteiger partial charge in [0.1, 0.15) is 11.9 Å². The summed E-state index contributed by atoms with van der Waals surface area (Å²) in [4.78, 5) is 14.4. The van der Waals surface area contributed by atoms with Crippen LogP contribution in [0.1, 0.15) is 30.1 Å². The van der Waals surface area contributed by atoms with Crippen LogP contribution in [0.4, 0.5) is 0 Å². The topological polar surface area (TPSA) is 41.6 Å². The van der Waals surface area contributed by atoms with Crippen LogP contribution in [0.15, 0.2) is 18.2 Å². The number of hydrogen-bond donors (Lipinski definition) is 1. The van der Waals surface area contributed by atoms with Gasteiger partial charge >= 0.3 is 0 Å². The summed E-state index contributed by atoms with van der Waals surface area (Å²) < 4.78 is 5.32. The van der Waals surface area contributed by atoms with Crippen LogP contribution in [0.25, 0.3) is 0 Å². The van der Waals surface area contributed by atoms with Crippen LogP contribution in [0.3, 0.4) is 0 Å². The van der Waals surface area contributed by atoms with E-state index in [1.165, 1.54) is 0 Å². The van der Waals surface area contributed by atoms with Crippen molar-refractivity contribution in [2.45, 2.75) is 32.0 Å². The quantitative estimate of drug-likeness (QED) is 0.930. The first kappa shape index (κ1) is 14.7. The fraction of sp³-hybridized carbons (Fsp3) is 0.562. The van der Waals surface area contributed by atoms with Crippen molar-refractivity contribution in [3.8, 4) is 5.75 Å². The van der Waals surface area contributed by atoms with Crippen LogP contribution in [0.5, 0.6) is 5.75 Å². The second-order valence-corrected chi connectivity index (χ2v) is 6.88. The third kappa shape index (κ3) is 2.90. The predicted molar refractivity (Wildman–Crippen MR) is 85.7 cm³/mol. The van der Waals surface area contributed by atoms with Crippen molar-refractivity contribution in [3.63, 3.8) is 0 Å². The molecular weight excluding hydrogens is 284 g/mol. The second kappa shape index (κ2) is 6.28. The molecule has 5 heteroatoms. The summed E-state index contributed by atoms with van der Waals surface area (Å²) in [6.07, 6.45) is 2.21. The highest BCUT2D eigenvalue weighted by atomic mass is 32.2. The van der Waals surface area contributed by atoms with Crippen LogP contribution in [-0.4, -0.2) is 42.0 Å². The first-order chi connectivity index (χ1) is 10.2. The van der Waals surface area contributed by atoms with Crippen molar-refractivity contribution in [2.24, 2.45) is 0 Å². The molecule has 2 aliphatic rings. The predicted octanol–water partition coefficient (Wildman–Crippen LogP) is 2.33. The van der Waals surface area contributed by atoms with Crippen molar-refractivity contribution >= 4 is 17.7 Å². The summed E-state index contributed by atoms with van der Waals surface area (Å²) in [6, 6.07) is 6.55. The number of nitrogens with one attached hydrogen (secondary N) is 1. The van der Waals surface area contributed by atoms with Gasteiger partial charge in [-0.05, 0) is 54.5 Å². The Morgan fingerprint density at radius 2 is 2.10 bits per heavy atom. The third-order valence-electron chi connectivity index (χ3n) is 4.33. The summed E-state index contributed by atoms with van der Waals surface area (Å²) in [7, 11) is 1.69. The fourth-order valence-corrected chi connectivity index (χ4v) is 4.33. The SMILES string of the molecule is COc1ccc(C2NCC(=O)N2C2CCSCC2)cc1C. The number of benzene rings is 1. The Morgan fingerprint density at radius 1 is 1.33 bits per heavy atom. The van der Waals surface area contributed by atoms with E-state index in [2.05, 4.69) is 22.3 Å². The third-order valence-corrected chi connectivity index (χ3v) is 5.38. The van der Waals surface area contributed by atoms with Crippen LogP contribution in [0.2, 0.25) is 0 Å². The van der Waals surface area contributed by atoms with Crippen LogP contribution in [-0.2, 0) is 4.79 Å². The summed E-state index contributed by atoms with van der Waals surface area (Å²) in [5, 5.41) is 3.36. The average Bonchev–Trinajstić information content (AvgIpc) is 2.90. The second-order valence-electron chi connectivity index (χ2n) is 5.66. The maximum absolute atomic E-state index is 12.3. The number of carbonyl (C=O) groups excluding carboxylic acids is 1. The van der Waals surface area contributed by atoms with E-state index in [9.17, 15) is 4.79 Å². The number of amides is 1. The minimum absolute atomic E-state index is 0.00945. The van der Waals surface area contributed by atoms with Crippen molar-refractivity contribution in [3.05, 3.63) is 29.3 Å². The van der Waals surface area contributed by atoms with Gasteiger partial charge in [0, 0.05) is 6.04 Å². The molecule has 1 N–H and O–H groups in total. The Hall–Kier alpha value is -1.20. The van der Waals surface area contributed by atoms with Gasteiger partial charge in [0.05, 0.1) is 13.7 Å². The van der Waals surface area contributed by atoms with Gasteiger partial charge in [0.15, 0.2) is 0 Å². The number of nitrogens with zero attached hydrogens (tertiary/aromatic N) is 1. The van der Waals surface area contributed by atoms with Gasteiger partial charge in [-0.1, -0.05) is 6.07 Å². The highest BCUT2D eigenvalue weighted by Gasteiger charge is 2.37. The molecule has 2 saturated heterocycles. The number of methoxy groups -OCH3 is 1. The van der Waals surface area contributed by atoms with Crippen LogP contribution >= 0.6 is 11.8 Å². The Bertz CT molecular complexity index is 529. The molecule has 1 atom stereocenters. The smallest absolute Gasteiger partial charge is 0.238 e. The van der Waals surface area contributed by atoms with E-state index < -0.39 is 0 Å². The molecule has 0 saturated carbocycles. The van der Waals surface area contributed by atoms with Crippen molar-refractivity contribution in [2.75, 3.05) is 25.2 Å². The number of hydrogen-bond acceptors (Lipinski definition) is 4. The number of thioether (sulfide) groups is 1. The number of carbonyl (C=O) groups is 1. The standard InChI is InChI=1S/C16H22N2O2S/c1-11-9-12(3-4-14(11)20-2)16-17-10-15(19)18(16)13-5-7-21-8-6-13/h3-4,9,13,16-17H,5-8,10H2,1-2H3. The summed E-state index contributed by atoms with van der Waals surface area (Å²) in [5.74, 6) is 3.43. The van der Waals surface area contributed by atoms with Crippen molar-refractivity contribution < 1.29 is 9.53 Å². The van der Waals surface area contributed by atoms with E-state index in [0.717, 1.165) is 41.2 Å². The van der Waals surface area contributed by atoms with Crippen LogP contribution < -0.4 is 10.1 Å². The molecule has 0 aliphatic carbocycles. The minimum Gasteiger partial charge on any atom is -0.496 e. The molecule has 0 radical (unpaired) electrons. The molecule has 1 amide bonds. The molecule has 1 aromatic carbocycles. The monoisotopic (exact) mass is 306 g/mol. The Morgan fingerprint density at radius 3 is 2.76 bits per heavy atom. The lowest BCUT2D eigenvalue weighted by Crippen LogP contribution is -2.41. The maximum Gasteiger partial charge on any atom is 0.238 e. The molecule has 4 nitrogen and oxygen atoms in total.